The maximum absolute atomic E-state index is 12.4. The monoisotopic (exact) mass is 421 g/mol. The van der Waals surface area contributed by atoms with Crippen molar-refractivity contribution in [2.75, 3.05) is 41.0 Å². The Kier molecular flexibility index (Phi) is 4.36. The number of hydrogen-bond acceptors (Lipinski definition) is 6. The van der Waals surface area contributed by atoms with Crippen molar-refractivity contribution in [3.8, 4) is 0 Å². The zero-order valence-electron chi connectivity index (χ0n) is 18.9. The summed E-state index contributed by atoms with van der Waals surface area (Å²) in [7, 11) is 5.48. The van der Waals surface area contributed by atoms with E-state index in [9.17, 15) is 10.2 Å². The number of piperidine rings is 1. The van der Waals surface area contributed by atoms with Crippen molar-refractivity contribution in [3.63, 3.8) is 0 Å². The van der Waals surface area contributed by atoms with E-state index in [4.69, 9.17) is 14.2 Å². The van der Waals surface area contributed by atoms with Crippen molar-refractivity contribution in [3.05, 3.63) is 0 Å². The van der Waals surface area contributed by atoms with Gasteiger partial charge < -0.3 is 24.4 Å². The van der Waals surface area contributed by atoms with Crippen LogP contribution in [0.15, 0.2) is 0 Å². The molecule has 12 atom stereocenters. The van der Waals surface area contributed by atoms with E-state index in [1.54, 1.807) is 7.11 Å². The zero-order chi connectivity index (χ0) is 21.1. The maximum Gasteiger partial charge on any atom is 0.0771 e. The van der Waals surface area contributed by atoms with Crippen molar-refractivity contribution < 1.29 is 24.4 Å². The second-order valence-electron chi connectivity index (χ2n) is 11.5. The van der Waals surface area contributed by atoms with Crippen molar-refractivity contribution in [2.24, 2.45) is 40.4 Å². The third-order valence-electron chi connectivity index (χ3n) is 11.2. The highest BCUT2D eigenvalue weighted by Gasteiger charge is 2.83. The van der Waals surface area contributed by atoms with E-state index in [-0.39, 0.29) is 46.7 Å². The van der Waals surface area contributed by atoms with Crippen molar-refractivity contribution in [2.45, 2.75) is 69.0 Å². The Morgan fingerprint density at radius 3 is 2.57 bits per heavy atom. The van der Waals surface area contributed by atoms with Crippen LogP contribution in [0, 0.1) is 40.4 Å². The summed E-state index contributed by atoms with van der Waals surface area (Å²) in [5.41, 5.74) is -0.719. The number of aliphatic hydroxyl groups is 2. The third-order valence-corrected chi connectivity index (χ3v) is 11.2. The van der Waals surface area contributed by atoms with E-state index >= 15 is 0 Å². The summed E-state index contributed by atoms with van der Waals surface area (Å²) in [6.45, 7) is 5.11. The Labute approximate surface area is 180 Å². The van der Waals surface area contributed by atoms with Crippen molar-refractivity contribution in [1.29, 1.82) is 0 Å². The van der Waals surface area contributed by atoms with Gasteiger partial charge in [0.1, 0.15) is 0 Å². The summed E-state index contributed by atoms with van der Waals surface area (Å²) in [4.78, 5) is 2.67. The molecule has 6 rings (SSSR count). The van der Waals surface area contributed by atoms with Gasteiger partial charge in [-0.3, -0.25) is 4.90 Å². The minimum absolute atomic E-state index is 0.000283. The summed E-state index contributed by atoms with van der Waals surface area (Å²) in [6, 6.07) is 0.329. The average molecular weight is 422 g/mol. The smallest absolute Gasteiger partial charge is 0.0771 e. The van der Waals surface area contributed by atoms with Gasteiger partial charge in [0, 0.05) is 68.9 Å². The second kappa shape index (κ2) is 6.42. The largest absolute Gasteiger partial charge is 0.392 e. The first-order chi connectivity index (χ1) is 14.4. The van der Waals surface area contributed by atoms with Crippen LogP contribution in [0.2, 0.25) is 0 Å². The van der Waals surface area contributed by atoms with Gasteiger partial charge in [0.05, 0.1) is 30.5 Å². The van der Waals surface area contributed by atoms with Crippen LogP contribution in [0.1, 0.15) is 39.0 Å². The Balaban J connectivity index is 1.58. The average Bonchev–Trinajstić information content (AvgIpc) is 3.15. The number of aliphatic hydroxyl groups excluding tert-OH is 1. The number of nitrogens with zero attached hydrogens (tertiary/aromatic N) is 1. The van der Waals surface area contributed by atoms with Crippen LogP contribution in [0.4, 0.5) is 0 Å². The molecule has 1 saturated heterocycles. The normalized spacial score (nSPS) is 60.8. The fourth-order valence-corrected chi connectivity index (χ4v) is 10.7. The molecule has 5 saturated carbocycles. The van der Waals surface area contributed by atoms with Crippen LogP contribution in [-0.2, 0) is 14.2 Å². The van der Waals surface area contributed by atoms with E-state index in [2.05, 4.69) is 11.8 Å². The van der Waals surface area contributed by atoms with E-state index in [0.717, 1.165) is 45.4 Å². The summed E-state index contributed by atoms with van der Waals surface area (Å²) in [6.07, 6.45) is 4.52. The van der Waals surface area contributed by atoms with Gasteiger partial charge in [0.25, 0.3) is 0 Å². The quantitative estimate of drug-likeness (QED) is 0.702. The molecule has 6 nitrogen and oxygen atoms in total. The highest BCUT2D eigenvalue weighted by atomic mass is 16.5. The first-order valence-corrected chi connectivity index (χ1v) is 12.1. The lowest BCUT2D eigenvalue weighted by molar-refractivity contribution is -0.276. The Morgan fingerprint density at radius 2 is 1.90 bits per heavy atom. The SMILES string of the molecule is CCN1C[C@@]2(COC)CCC(OC)[C@@]34C5CC6C(OC)C[C@](O)(C(CC23)C14)C5C6O. The minimum atomic E-state index is -0.847. The van der Waals surface area contributed by atoms with Crippen LogP contribution in [0.5, 0.6) is 0 Å². The molecule has 170 valence electrons. The molecule has 0 aromatic heterocycles. The predicted octanol–water partition coefficient (Wildman–Crippen LogP) is 1.53. The first-order valence-electron chi connectivity index (χ1n) is 12.1. The summed E-state index contributed by atoms with van der Waals surface area (Å²) >= 11 is 0. The van der Waals surface area contributed by atoms with Crippen molar-refractivity contribution in [1.82, 2.24) is 4.90 Å². The van der Waals surface area contributed by atoms with Gasteiger partial charge in [0.15, 0.2) is 0 Å². The molecule has 0 amide bonds. The second-order valence-corrected chi connectivity index (χ2v) is 11.5. The molecule has 1 aliphatic heterocycles. The van der Waals surface area contributed by atoms with Gasteiger partial charge >= 0.3 is 0 Å². The van der Waals surface area contributed by atoms with Gasteiger partial charge in [-0.05, 0) is 44.1 Å². The molecule has 5 aliphatic carbocycles. The van der Waals surface area contributed by atoms with Gasteiger partial charge in [-0.2, -0.15) is 0 Å². The molecule has 0 aromatic rings. The van der Waals surface area contributed by atoms with E-state index in [1.807, 2.05) is 14.2 Å². The fourth-order valence-electron chi connectivity index (χ4n) is 10.7. The minimum Gasteiger partial charge on any atom is -0.392 e. The topological polar surface area (TPSA) is 71.4 Å². The van der Waals surface area contributed by atoms with Crippen molar-refractivity contribution >= 4 is 0 Å². The fraction of sp³-hybridized carbons (Fsp3) is 1.00. The lowest BCUT2D eigenvalue weighted by Gasteiger charge is -2.69. The molecule has 1 spiro atoms. The van der Waals surface area contributed by atoms with Crippen LogP contribution in [-0.4, -0.2) is 86.1 Å². The first kappa shape index (κ1) is 20.4. The molecule has 9 unspecified atom stereocenters. The third kappa shape index (κ3) is 2.00. The van der Waals surface area contributed by atoms with Crippen LogP contribution >= 0.6 is 0 Å². The molecule has 1 heterocycles. The Bertz CT molecular complexity index is 720. The van der Waals surface area contributed by atoms with Gasteiger partial charge in [-0.25, -0.2) is 0 Å². The van der Waals surface area contributed by atoms with E-state index in [1.165, 1.54) is 0 Å². The number of hydrogen-bond donors (Lipinski definition) is 2. The number of fused-ring (bicyclic) bond motifs is 2. The highest BCUT2D eigenvalue weighted by molar-refractivity contribution is 5.33. The molecule has 2 N–H and O–H groups in total. The lowest BCUT2D eigenvalue weighted by atomic mass is 9.43. The molecule has 0 aromatic carbocycles. The number of likely N-dealkylation sites (tertiary alicyclic amines) is 1. The van der Waals surface area contributed by atoms with E-state index < -0.39 is 11.7 Å². The molecule has 0 radical (unpaired) electrons. The summed E-state index contributed by atoms with van der Waals surface area (Å²) < 4.78 is 18.0. The van der Waals surface area contributed by atoms with Crippen LogP contribution in [0.3, 0.4) is 0 Å². The number of rotatable bonds is 5. The van der Waals surface area contributed by atoms with Crippen LogP contribution in [0.25, 0.3) is 0 Å². The number of ether oxygens (including phenoxy) is 3. The van der Waals surface area contributed by atoms with Gasteiger partial charge in [0.2, 0.25) is 0 Å². The molecule has 6 heteroatoms. The maximum atomic E-state index is 12.4. The Hall–Kier alpha value is -0.240. The van der Waals surface area contributed by atoms with E-state index in [0.29, 0.717) is 18.4 Å². The molecule has 6 aliphatic rings. The zero-order valence-corrected chi connectivity index (χ0v) is 18.9. The summed E-state index contributed by atoms with van der Waals surface area (Å²) in [5, 5.41) is 23.8. The molecule has 7 bridgehead atoms. The number of methoxy groups -OCH3 is 3. The lowest BCUT2D eigenvalue weighted by Crippen LogP contribution is -2.76. The Morgan fingerprint density at radius 1 is 1.10 bits per heavy atom. The van der Waals surface area contributed by atoms with Crippen LogP contribution < -0.4 is 0 Å². The molecule has 30 heavy (non-hydrogen) atoms. The molecular weight excluding hydrogens is 382 g/mol. The summed E-state index contributed by atoms with van der Waals surface area (Å²) in [5.74, 6) is 1.03. The predicted molar refractivity (Wildman–Crippen MR) is 111 cm³/mol. The highest BCUT2D eigenvalue weighted by Crippen LogP contribution is 2.79. The molecule has 6 fully saturated rings. The van der Waals surface area contributed by atoms with Gasteiger partial charge in [-0.1, -0.05) is 6.92 Å². The molecular formula is C24H39NO5. The standard InChI is InChI=1S/C24H39NO5/c1-5-25-11-22(12-28-2)7-6-18(30-4)24-14-8-13-16(29-3)10-23(27,19(14)20(13)26)15(21(24)25)9-17(22)24/h13-21,26-27H,5-12H2,1-4H3/t13?,14?,15?,16?,17?,18?,19?,20?,21?,22-,23+,24-/m1/s1. The van der Waals surface area contributed by atoms with Gasteiger partial charge in [-0.15, -0.1) is 0 Å².